The van der Waals surface area contributed by atoms with E-state index in [1.807, 2.05) is 38.7 Å². The summed E-state index contributed by atoms with van der Waals surface area (Å²) in [5.41, 5.74) is 1.52. The number of para-hydroxylation sites is 1. The Morgan fingerprint density at radius 2 is 1.88 bits per heavy atom. The number of nitrogens with zero attached hydrogens (tertiary/aromatic N) is 4. The number of hydrogen-bond acceptors (Lipinski definition) is 6. The number of hydrogen-bond donors (Lipinski definition) is 0. The van der Waals surface area contributed by atoms with Crippen LogP contribution in [-0.4, -0.2) is 52.3 Å². The minimum absolute atomic E-state index is 0.00590. The van der Waals surface area contributed by atoms with Crippen LogP contribution >= 0.6 is 23.1 Å². The number of benzene rings is 1. The van der Waals surface area contributed by atoms with Crippen LogP contribution < -0.4 is 10.5 Å². The van der Waals surface area contributed by atoms with E-state index in [0.29, 0.717) is 42.4 Å². The van der Waals surface area contributed by atoms with Gasteiger partial charge in [0.2, 0.25) is 5.91 Å². The molecule has 9 heteroatoms. The molecule has 3 heterocycles. The van der Waals surface area contributed by atoms with Crippen LogP contribution in [0, 0.1) is 19.7 Å². The first-order chi connectivity index (χ1) is 15.3. The number of piperazine rings is 1. The maximum Gasteiger partial charge on any atom is 0.263 e. The van der Waals surface area contributed by atoms with Crippen molar-refractivity contribution in [3.63, 3.8) is 0 Å². The molecule has 1 saturated heterocycles. The average Bonchev–Trinajstić information content (AvgIpc) is 3.05. The van der Waals surface area contributed by atoms with Crippen LogP contribution in [0.5, 0.6) is 0 Å². The normalized spacial score (nSPS) is 14.6. The number of fused-ring (bicyclic) bond motifs is 1. The Hall–Kier alpha value is -2.39. The molecule has 1 aliphatic rings. The fourth-order valence-corrected chi connectivity index (χ4v) is 6.07. The first kappa shape index (κ1) is 22.8. The molecule has 1 aliphatic heterocycles. The van der Waals surface area contributed by atoms with E-state index in [4.69, 9.17) is 4.98 Å². The number of rotatable bonds is 5. The zero-order valence-corrected chi connectivity index (χ0v) is 20.4. The maximum absolute atomic E-state index is 14.1. The summed E-state index contributed by atoms with van der Waals surface area (Å²) in [5.74, 6) is -0.0189. The van der Waals surface area contributed by atoms with Gasteiger partial charge in [-0.3, -0.25) is 14.2 Å². The molecule has 0 bridgehead atoms. The zero-order valence-electron chi connectivity index (χ0n) is 18.7. The first-order valence-corrected chi connectivity index (χ1v) is 12.5. The Labute approximate surface area is 195 Å². The van der Waals surface area contributed by atoms with E-state index < -0.39 is 0 Å². The molecule has 1 aromatic carbocycles. The lowest BCUT2D eigenvalue weighted by atomic mass is 10.2. The molecule has 170 valence electrons. The lowest BCUT2D eigenvalue weighted by Gasteiger charge is -2.36. The first-order valence-electron chi connectivity index (χ1n) is 10.7. The molecule has 0 saturated carbocycles. The van der Waals surface area contributed by atoms with Crippen molar-refractivity contribution in [2.24, 2.45) is 0 Å². The molecule has 32 heavy (non-hydrogen) atoms. The fourth-order valence-electron chi connectivity index (χ4n) is 3.97. The minimum Gasteiger partial charge on any atom is -0.366 e. The molecular weight excluding hydrogens is 447 g/mol. The summed E-state index contributed by atoms with van der Waals surface area (Å²) < 4.78 is 15.7. The third kappa shape index (κ3) is 4.28. The molecule has 0 aliphatic carbocycles. The number of aromatic nitrogens is 2. The van der Waals surface area contributed by atoms with Crippen LogP contribution in [0.25, 0.3) is 10.2 Å². The molecule has 0 atom stereocenters. The highest BCUT2D eigenvalue weighted by molar-refractivity contribution is 7.99. The molecule has 4 rings (SSSR count). The van der Waals surface area contributed by atoms with Crippen LogP contribution in [0.2, 0.25) is 0 Å². The quantitative estimate of drug-likeness (QED) is 0.409. The molecule has 1 fully saturated rings. The molecule has 0 unspecified atom stereocenters. The van der Waals surface area contributed by atoms with Gasteiger partial charge in [0.1, 0.15) is 10.6 Å². The van der Waals surface area contributed by atoms with Gasteiger partial charge in [-0.2, -0.15) is 0 Å². The Morgan fingerprint density at radius 3 is 2.53 bits per heavy atom. The number of anilines is 1. The summed E-state index contributed by atoms with van der Waals surface area (Å²) in [4.78, 5) is 36.4. The van der Waals surface area contributed by atoms with Crippen molar-refractivity contribution < 1.29 is 9.18 Å². The predicted octanol–water partition coefficient (Wildman–Crippen LogP) is 4.24. The van der Waals surface area contributed by atoms with Crippen molar-refractivity contribution in [1.29, 1.82) is 0 Å². The second-order valence-corrected chi connectivity index (χ2v) is 10.4. The standard InChI is InChI=1S/C23H27FN4O2S2/c1-14(2)28-22(30)20-15(3)16(4)32-21(20)25-23(28)31-13-19(29)27-11-9-26(10-12-27)18-8-6-5-7-17(18)24/h5-8,14H,9-13H2,1-4H3. The highest BCUT2D eigenvalue weighted by atomic mass is 32.2. The predicted molar refractivity (Wildman–Crippen MR) is 130 cm³/mol. The maximum atomic E-state index is 14.1. The van der Waals surface area contributed by atoms with Gasteiger partial charge >= 0.3 is 0 Å². The summed E-state index contributed by atoms with van der Waals surface area (Å²) in [6, 6.07) is 6.67. The third-order valence-corrected chi connectivity index (χ3v) is 7.91. The SMILES string of the molecule is Cc1sc2nc(SCC(=O)N3CCN(c4ccccc4F)CC3)n(C(C)C)c(=O)c2c1C. The monoisotopic (exact) mass is 474 g/mol. The summed E-state index contributed by atoms with van der Waals surface area (Å²) >= 11 is 2.83. The summed E-state index contributed by atoms with van der Waals surface area (Å²) in [6.45, 7) is 10.1. The fraction of sp³-hybridized carbons (Fsp3) is 0.435. The van der Waals surface area contributed by atoms with Crippen LogP contribution in [0.15, 0.2) is 34.2 Å². The van der Waals surface area contributed by atoms with Gasteiger partial charge in [-0.15, -0.1) is 11.3 Å². The Morgan fingerprint density at radius 1 is 1.19 bits per heavy atom. The Balaban J connectivity index is 1.46. The van der Waals surface area contributed by atoms with Crippen molar-refractivity contribution in [1.82, 2.24) is 14.5 Å². The lowest BCUT2D eigenvalue weighted by Crippen LogP contribution is -2.49. The number of carbonyl (C=O) groups excluding carboxylic acids is 1. The van der Waals surface area contributed by atoms with Crippen molar-refractivity contribution in [3.05, 3.63) is 50.9 Å². The molecule has 6 nitrogen and oxygen atoms in total. The Kier molecular flexibility index (Phi) is 6.57. The summed E-state index contributed by atoms with van der Waals surface area (Å²) in [5, 5.41) is 1.26. The number of aryl methyl sites for hydroxylation is 2. The summed E-state index contributed by atoms with van der Waals surface area (Å²) in [7, 11) is 0. The lowest BCUT2D eigenvalue weighted by molar-refractivity contribution is -0.128. The molecule has 0 N–H and O–H groups in total. The van der Waals surface area contributed by atoms with E-state index in [9.17, 15) is 14.0 Å². The van der Waals surface area contributed by atoms with Crippen LogP contribution in [-0.2, 0) is 4.79 Å². The van der Waals surface area contributed by atoms with Gasteiger partial charge in [0, 0.05) is 37.1 Å². The number of amides is 1. The molecule has 0 spiro atoms. The Bertz CT molecular complexity index is 1210. The molecule has 3 aromatic rings. The van der Waals surface area contributed by atoms with Gasteiger partial charge in [-0.1, -0.05) is 23.9 Å². The van der Waals surface area contributed by atoms with E-state index in [0.717, 1.165) is 15.3 Å². The number of carbonyl (C=O) groups is 1. The van der Waals surface area contributed by atoms with Gasteiger partial charge in [0.25, 0.3) is 5.56 Å². The zero-order chi connectivity index (χ0) is 23.0. The van der Waals surface area contributed by atoms with Crippen molar-refractivity contribution in [3.8, 4) is 0 Å². The highest BCUT2D eigenvalue weighted by Crippen LogP contribution is 2.29. The minimum atomic E-state index is -0.241. The van der Waals surface area contributed by atoms with E-state index in [1.165, 1.54) is 29.2 Å². The van der Waals surface area contributed by atoms with Gasteiger partial charge in [0.05, 0.1) is 16.8 Å². The number of thiophene rings is 1. The molecule has 2 aromatic heterocycles. The van der Waals surface area contributed by atoms with Gasteiger partial charge in [-0.05, 0) is 45.4 Å². The van der Waals surface area contributed by atoms with E-state index in [1.54, 1.807) is 21.6 Å². The number of halogens is 1. The van der Waals surface area contributed by atoms with Crippen LogP contribution in [0.3, 0.4) is 0 Å². The van der Waals surface area contributed by atoms with E-state index in [-0.39, 0.29) is 29.1 Å². The largest absolute Gasteiger partial charge is 0.366 e. The van der Waals surface area contributed by atoms with Crippen molar-refractivity contribution in [2.45, 2.75) is 38.9 Å². The molecule has 0 radical (unpaired) electrons. The second-order valence-electron chi connectivity index (χ2n) is 8.23. The third-order valence-electron chi connectivity index (χ3n) is 5.87. The van der Waals surface area contributed by atoms with Crippen LogP contribution in [0.4, 0.5) is 10.1 Å². The van der Waals surface area contributed by atoms with Crippen molar-refractivity contribution in [2.75, 3.05) is 36.8 Å². The van der Waals surface area contributed by atoms with E-state index >= 15 is 0 Å². The molecule has 1 amide bonds. The second kappa shape index (κ2) is 9.23. The van der Waals surface area contributed by atoms with Gasteiger partial charge in [0.15, 0.2) is 5.16 Å². The average molecular weight is 475 g/mol. The van der Waals surface area contributed by atoms with Gasteiger partial charge in [-0.25, -0.2) is 9.37 Å². The van der Waals surface area contributed by atoms with E-state index in [2.05, 4.69) is 0 Å². The highest BCUT2D eigenvalue weighted by Gasteiger charge is 2.24. The van der Waals surface area contributed by atoms with Crippen LogP contribution in [0.1, 0.15) is 30.3 Å². The summed E-state index contributed by atoms with van der Waals surface area (Å²) in [6.07, 6.45) is 0. The molecular formula is C23H27FN4O2S2. The van der Waals surface area contributed by atoms with Crippen molar-refractivity contribution >= 4 is 44.9 Å². The van der Waals surface area contributed by atoms with Gasteiger partial charge < -0.3 is 9.80 Å². The topological polar surface area (TPSA) is 58.4 Å². The number of thioether (sulfide) groups is 1. The smallest absolute Gasteiger partial charge is 0.263 e.